The number of amides is 2. The number of carbonyl (C=O) groups excluding carboxylic acids is 2. The molecule has 36 heavy (non-hydrogen) atoms. The topological polar surface area (TPSA) is 67.9 Å². The molecule has 1 saturated heterocycles. The largest absolute Gasteiger partial charge is 0.494 e. The third-order valence-corrected chi connectivity index (χ3v) is 6.73. The fraction of sp³-hybridized carbons (Fsp3) is 0.179. The van der Waals surface area contributed by atoms with Gasteiger partial charge >= 0.3 is 0 Å². The number of hydrogen-bond acceptors (Lipinski definition) is 6. The molecule has 0 unspecified atom stereocenters. The number of benzene rings is 3. The van der Waals surface area contributed by atoms with Crippen molar-refractivity contribution in [1.29, 1.82) is 0 Å². The van der Waals surface area contributed by atoms with Crippen LogP contribution in [0, 0.1) is 13.8 Å². The zero-order chi connectivity index (χ0) is 25.7. The van der Waals surface area contributed by atoms with Crippen LogP contribution in [0.15, 0.2) is 71.6 Å². The lowest BCUT2D eigenvalue weighted by Gasteiger charge is -2.15. The summed E-state index contributed by atoms with van der Waals surface area (Å²) in [6.07, 6.45) is 1.74. The van der Waals surface area contributed by atoms with Crippen molar-refractivity contribution in [1.82, 2.24) is 0 Å². The lowest BCUT2D eigenvalue weighted by Crippen LogP contribution is -2.27. The fourth-order valence-corrected chi connectivity index (χ4v) is 4.91. The number of thioether (sulfide) groups is 1. The van der Waals surface area contributed by atoms with E-state index in [1.807, 2.05) is 81.4 Å². The van der Waals surface area contributed by atoms with Crippen LogP contribution < -0.4 is 19.7 Å². The van der Waals surface area contributed by atoms with Crippen molar-refractivity contribution in [2.75, 3.05) is 23.4 Å². The van der Waals surface area contributed by atoms with Gasteiger partial charge < -0.3 is 14.8 Å². The highest BCUT2D eigenvalue weighted by atomic mass is 32.2. The van der Waals surface area contributed by atoms with Gasteiger partial charge in [-0.05, 0) is 74.4 Å². The number of carbonyl (C=O) groups is 2. The zero-order valence-corrected chi connectivity index (χ0v) is 21.9. The molecule has 0 aromatic heterocycles. The van der Waals surface area contributed by atoms with Gasteiger partial charge in [0.15, 0.2) is 10.9 Å². The van der Waals surface area contributed by atoms with Gasteiger partial charge in [-0.1, -0.05) is 54.3 Å². The van der Waals surface area contributed by atoms with E-state index in [-0.39, 0.29) is 18.4 Å². The molecule has 4 rings (SSSR count). The third-order valence-electron chi connectivity index (χ3n) is 5.43. The van der Waals surface area contributed by atoms with E-state index in [0.29, 0.717) is 32.8 Å². The number of anilines is 2. The van der Waals surface area contributed by atoms with Crippen LogP contribution in [0.5, 0.6) is 11.5 Å². The highest BCUT2D eigenvalue weighted by Crippen LogP contribution is 2.37. The Morgan fingerprint density at radius 3 is 2.56 bits per heavy atom. The number of thiocarbonyl (C=S) groups is 1. The van der Waals surface area contributed by atoms with Crippen LogP contribution in [0.1, 0.15) is 23.6 Å². The molecule has 0 atom stereocenters. The molecule has 0 radical (unpaired) electrons. The predicted molar refractivity (Wildman–Crippen MR) is 150 cm³/mol. The molecule has 2 amide bonds. The molecule has 3 aromatic rings. The second kappa shape index (κ2) is 11.4. The van der Waals surface area contributed by atoms with Gasteiger partial charge in [0.2, 0.25) is 0 Å². The van der Waals surface area contributed by atoms with Gasteiger partial charge in [-0.25, -0.2) is 0 Å². The molecule has 6 nitrogen and oxygen atoms in total. The van der Waals surface area contributed by atoms with Gasteiger partial charge in [0.1, 0.15) is 11.5 Å². The Bertz CT molecular complexity index is 1340. The molecule has 8 heteroatoms. The maximum atomic E-state index is 13.2. The van der Waals surface area contributed by atoms with E-state index in [2.05, 4.69) is 5.32 Å². The van der Waals surface area contributed by atoms with Crippen molar-refractivity contribution in [3.63, 3.8) is 0 Å². The van der Waals surface area contributed by atoms with E-state index in [0.717, 1.165) is 22.6 Å². The summed E-state index contributed by atoms with van der Waals surface area (Å²) in [5, 5.41) is 2.89. The minimum absolute atomic E-state index is 0.161. The number of aryl methyl sites for hydroxylation is 2. The summed E-state index contributed by atoms with van der Waals surface area (Å²) in [5.74, 6) is 0.756. The van der Waals surface area contributed by atoms with Crippen molar-refractivity contribution in [2.24, 2.45) is 0 Å². The Hall–Kier alpha value is -3.62. The maximum absolute atomic E-state index is 13.2. The average molecular weight is 519 g/mol. The van der Waals surface area contributed by atoms with E-state index < -0.39 is 0 Å². The van der Waals surface area contributed by atoms with E-state index in [1.54, 1.807) is 12.1 Å². The van der Waals surface area contributed by atoms with E-state index >= 15 is 0 Å². The number of para-hydroxylation sites is 1. The summed E-state index contributed by atoms with van der Waals surface area (Å²) in [5.41, 5.74) is 4.16. The quantitative estimate of drug-likeness (QED) is 0.286. The standard InChI is InChI=1S/C28H26N2O4S2/c1-4-33-22-13-11-21(12-14-22)30-27(32)25(36-28(30)35)16-20-7-5-6-8-24(20)34-17-26(31)29-23-15-18(2)9-10-19(23)3/h5-16H,4,17H2,1-3H3,(H,29,31)/b25-16-. The molecule has 1 heterocycles. The summed E-state index contributed by atoms with van der Waals surface area (Å²) in [4.78, 5) is 27.7. The molecule has 0 saturated carbocycles. The molecule has 1 N–H and O–H groups in total. The van der Waals surface area contributed by atoms with Crippen LogP contribution >= 0.6 is 24.0 Å². The Morgan fingerprint density at radius 1 is 1.06 bits per heavy atom. The first-order valence-electron chi connectivity index (χ1n) is 11.5. The lowest BCUT2D eigenvalue weighted by molar-refractivity contribution is -0.118. The van der Waals surface area contributed by atoms with Crippen molar-refractivity contribution >= 4 is 57.6 Å². The van der Waals surface area contributed by atoms with Crippen LogP contribution in [0.2, 0.25) is 0 Å². The Labute approximate surface area is 220 Å². The van der Waals surface area contributed by atoms with E-state index in [4.69, 9.17) is 21.7 Å². The number of rotatable bonds is 8. The van der Waals surface area contributed by atoms with Crippen LogP contribution in [-0.2, 0) is 9.59 Å². The SMILES string of the molecule is CCOc1ccc(N2C(=O)/C(=C/c3ccccc3OCC(=O)Nc3cc(C)ccc3C)SC2=S)cc1. The lowest BCUT2D eigenvalue weighted by atomic mass is 10.1. The molecule has 0 aliphatic carbocycles. The second-order valence-corrected chi connectivity index (χ2v) is 9.81. The highest BCUT2D eigenvalue weighted by Gasteiger charge is 2.33. The first-order chi connectivity index (χ1) is 17.4. The number of nitrogens with zero attached hydrogens (tertiary/aromatic N) is 1. The van der Waals surface area contributed by atoms with Gasteiger partial charge in [-0.3, -0.25) is 14.5 Å². The summed E-state index contributed by atoms with van der Waals surface area (Å²) in [6.45, 7) is 6.23. The first-order valence-corrected chi connectivity index (χ1v) is 12.7. The van der Waals surface area contributed by atoms with Crippen LogP contribution in [0.4, 0.5) is 11.4 Å². The average Bonchev–Trinajstić information content (AvgIpc) is 3.14. The van der Waals surface area contributed by atoms with Crippen molar-refractivity contribution in [3.05, 3.63) is 88.3 Å². The van der Waals surface area contributed by atoms with Crippen molar-refractivity contribution in [2.45, 2.75) is 20.8 Å². The molecule has 0 spiro atoms. The summed E-state index contributed by atoms with van der Waals surface area (Å²) in [6, 6.07) is 20.4. The minimum Gasteiger partial charge on any atom is -0.494 e. The summed E-state index contributed by atoms with van der Waals surface area (Å²) >= 11 is 6.72. The number of ether oxygens (including phenoxy) is 2. The Balaban J connectivity index is 1.47. The monoisotopic (exact) mass is 518 g/mol. The molecule has 1 aliphatic heterocycles. The molecule has 184 valence electrons. The molecule has 1 aliphatic rings. The van der Waals surface area contributed by atoms with Gasteiger partial charge in [0.05, 0.1) is 17.2 Å². The molecule has 0 bridgehead atoms. The molecular weight excluding hydrogens is 492 g/mol. The van der Waals surface area contributed by atoms with Gasteiger partial charge in [-0.2, -0.15) is 0 Å². The van der Waals surface area contributed by atoms with Gasteiger partial charge in [0, 0.05) is 11.3 Å². The summed E-state index contributed by atoms with van der Waals surface area (Å²) < 4.78 is 11.7. The van der Waals surface area contributed by atoms with Crippen LogP contribution in [-0.4, -0.2) is 29.3 Å². The predicted octanol–water partition coefficient (Wildman–Crippen LogP) is 6.13. The van der Waals surface area contributed by atoms with Crippen LogP contribution in [0.25, 0.3) is 6.08 Å². The second-order valence-electron chi connectivity index (χ2n) is 8.14. The van der Waals surface area contributed by atoms with Gasteiger partial charge in [0.25, 0.3) is 11.8 Å². The molecule has 1 fully saturated rings. The van der Waals surface area contributed by atoms with E-state index in [1.165, 1.54) is 16.7 Å². The van der Waals surface area contributed by atoms with Crippen molar-refractivity contribution < 1.29 is 19.1 Å². The smallest absolute Gasteiger partial charge is 0.270 e. The maximum Gasteiger partial charge on any atom is 0.270 e. The number of hydrogen-bond donors (Lipinski definition) is 1. The molecular formula is C28H26N2O4S2. The summed E-state index contributed by atoms with van der Waals surface area (Å²) in [7, 11) is 0. The fourth-order valence-electron chi connectivity index (χ4n) is 3.62. The van der Waals surface area contributed by atoms with Gasteiger partial charge in [-0.15, -0.1) is 0 Å². The highest BCUT2D eigenvalue weighted by molar-refractivity contribution is 8.27. The first kappa shape index (κ1) is 25.5. The van der Waals surface area contributed by atoms with Crippen molar-refractivity contribution in [3.8, 4) is 11.5 Å². The normalized spacial score (nSPS) is 14.3. The third kappa shape index (κ3) is 5.95. The minimum atomic E-state index is -0.264. The molecule has 3 aromatic carbocycles. The van der Waals surface area contributed by atoms with Crippen LogP contribution in [0.3, 0.4) is 0 Å². The van der Waals surface area contributed by atoms with E-state index in [9.17, 15) is 9.59 Å². The Kier molecular flexibility index (Phi) is 8.07. The Morgan fingerprint density at radius 2 is 1.81 bits per heavy atom. The zero-order valence-electron chi connectivity index (χ0n) is 20.2. The number of nitrogens with one attached hydrogen (secondary N) is 1.